The van der Waals surface area contributed by atoms with Crippen LogP contribution in [0, 0.1) is 12.4 Å². The zero-order chi connectivity index (χ0) is 9.38. The molecule has 2 aromatic heterocycles. The second-order valence-corrected chi connectivity index (χ2v) is 3.09. The Bertz CT molecular complexity index is 547. The first-order valence-corrected chi connectivity index (χ1v) is 4.38. The van der Waals surface area contributed by atoms with Gasteiger partial charge in [0.2, 0.25) is 0 Å². The van der Waals surface area contributed by atoms with E-state index in [4.69, 9.17) is 0 Å². The standard InChI is InChI=1S/C12H6N2/c1-3-9-5-6-10-4-2-8-14-12(10)11(9)13-7-1/h1-6H. The normalized spacial score (nSPS) is 10.9. The van der Waals surface area contributed by atoms with Gasteiger partial charge in [-0.15, -0.1) is 0 Å². The first-order chi connectivity index (χ1) is 6.95. The molecule has 0 amide bonds. The maximum atomic E-state index is 4.20. The van der Waals surface area contributed by atoms with E-state index in [0.717, 1.165) is 21.8 Å². The highest BCUT2D eigenvalue weighted by Gasteiger charge is 2.00. The Labute approximate surface area is 81.2 Å². The highest BCUT2D eigenvalue weighted by Crippen LogP contribution is 2.20. The van der Waals surface area contributed by atoms with Crippen LogP contribution in [0.4, 0.5) is 0 Å². The Kier molecular flexibility index (Phi) is 1.47. The van der Waals surface area contributed by atoms with Crippen LogP contribution in [0.5, 0.6) is 0 Å². The van der Waals surface area contributed by atoms with Gasteiger partial charge in [0.25, 0.3) is 0 Å². The maximum Gasteiger partial charge on any atom is 0.0973 e. The topological polar surface area (TPSA) is 25.8 Å². The van der Waals surface area contributed by atoms with E-state index in [-0.39, 0.29) is 0 Å². The van der Waals surface area contributed by atoms with Crippen LogP contribution in [-0.2, 0) is 0 Å². The number of aromatic nitrogens is 2. The number of benzene rings is 1. The van der Waals surface area contributed by atoms with E-state index >= 15 is 0 Å². The van der Waals surface area contributed by atoms with Crippen LogP contribution in [0.2, 0.25) is 0 Å². The van der Waals surface area contributed by atoms with Gasteiger partial charge in [-0.05, 0) is 12.1 Å². The Morgan fingerprint density at radius 2 is 1.21 bits per heavy atom. The fourth-order valence-electron chi connectivity index (χ4n) is 1.57. The van der Waals surface area contributed by atoms with Gasteiger partial charge >= 0.3 is 0 Å². The van der Waals surface area contributed by atoms with Gasteiger partial charge in [0, 0.05) is 10.8 Å². The van der Waals surface area contributed by atoms with Crippen molar-refractivity contribution < 1.29 is 0 Å². The summed E-state index contributed by atoms with van der Waals surface area (Å²) in [6.07, 6.45) is 5.65. The third-order valence-electron chi connectivity index (χ3n) is 2.24. The highest BCUT2D eigenvalue weighted by molar-refractivity contribution is 6.02. The van der Waals surface area contributed by atoms with Crippen molar-refractivity contribution in [3.63, 3.8) is 0 Å². The van der Waals surface area contributed by atoms with E-state index in [1.165, 1.54) is 0 Å². The molecule has 0 atom stereocenters. The molecule has 14 heavy (non-hydrogen) atoms. The van der Waals surface area contributed by atoms with Crippen molar-refractivity contribution in [3.8, 4) is 0 Å². The highest BCUT2D eigenvalue weighted by atomic mass is 14.7. The van der Waals surface area contributed by atoms with Gasteiger partial charge in [-0.3, -0.25) is 0 Å². The van der Waals surface area contributed by atoms with Crippen molar-refractivity contribution in [3.05, 3.63) is 48.8 Å². The van der Waals surface area contributed by atoms with Crippen molar-refractivity contribution in [2.45, 2.75) is 0 Å². The van der Waals surface area contributed by atoms with E-state index in [9.17, 15) is 0 Å². The van der Waals surface area contributed by atoms with Crippen molar-refractivity contribution in [1.29, 1.82) is 0 Å². The van der Waals surface area contributed by atoms with Crippen LogP contribution in [0.25, 0.3) is 21.8 Å². The van der Waals surface area contributed by atoms with Gasteiger partial charge < -0.3 is 0 Å². The molecule has 0 bridgehead atoms. The fourth-order valence-corrected chi connectivity index (χ4v) is 1.57. The van der Waals surface area contributed by atoms with E-state index in [1.54, 1.807) is 12.1 Å². The second-order valence-electron chi connectivity index (χ2n) is 3.09. The molecule has 0 saturated heterocycles. The molecule has 3 aromatic rings. The van der Waals surface area contributed by atoms with Crippen LogP contribution in [0.3, 0.4) is 0 Å². The van der Waals surface area contributed by atoms with Gasteiger partial charge in [0.1, 0.15) is 0 Å². The Morgan fingerprint density at radius 3 is 1.71 bits per heavy atom. The van der Waals surface area contributed by atoms with E-state index in [2.05, 4.69) is 22.4 Å². The number of pyridine rings is 2. The van der Waals surface area contributed by atoms with Gasteiger partial charge in [0.15, 0.2) is 0 Å². The molecule has 2 heteroatoms. The van der Waals surface area contributed by atoms with Crippen molar-refractivity contribution in [1.82, 2.24) is 9.97 Å². The monoisotopic (exact) mass is 178 g/mol. The summed E-state index contributed by atoms with van der Waals surface area (Å²) in [6.45, 7) is 0. The predicted octanol–water partition coefficient (Wildman–Crippen LogP) is 2.38. The van der Waals surface area contributed by atoms with Crippen molar-refractivity contribution in [2.75, 3.05) is 0 Å². The first-order valence-electron chi connectivity index (χ1n) is 4.38. The van der Waals surface area contributed by atoms with Gasteiger partial charge in [-0.2, -0.15) is 0 Å². The minimum atomic E-state index is 0.891. The second kappa shape index (κ2) is 2.77. The summed E-state index contributed by atoms with van der Waals surface area (Å²) in [6, 6.07) is 11.7. The molecule has 0 N–H and O–H groups in total. The Hall–Kier alpha value is -1.96. The fraction of sp³-hybridized carbons (Fsp3) is 0. The summed E-state index contributed by atoms with van der Waals surface area (Å²) in [7, 11) is 0. The average Bonchev–Trinajstić information content (AvgIpc) is 2.29. The molecule has 0 aliphatic carbocycles. The molecule has 3 rings (SSSR count). The van der Waals surface area contributed by atoms with E-state index in [0.29, 0.717) is 0 Å². The van der Waals surface area contributed by atoms with Crippen LogP contribution >= 0.6 is 0 Å². The zero-order valence-electron chi connectivity index (χ0n) is 7.36. The lowest BCUT2D eigenvalue weighted by Gasteiger charge is -1.99. The minimum absolute atomic E-state index is 0.891. The zero-order valence-corrected chi connectivity index (χ0v) is 7.36. The van der Waals surface area contributed by atoms with E-state index < -0.39 is 0 Å². The molecule has 0 aliphatic heterocycles. The molecule has 2 heterocycles. The lowest BCUT2D eigenvalue weighted by molar-refractivity contribution is 1.36. The molecule has 64 valence electrons. The van der Waals surface area contributed by atoms with Crippen molar-refractivity contribution in [2.24, 2.45) is 0 Å². The summed E-state index contributed by atoms with van der Waals surface area (Å²) < 4.78 is 0. The molecule has 0 saturated carbocycles. The van der Waals surface area contributed by atoms with Gasteiger partial charge in [-0.1, -0.05) is 24.3 Å². The molecular weight excluding hydrogens is 172 g/mol. The molecular formula is C12H6N2. The lowest BCUT2D eigenvalue weighted by Crippen LogP contribution is -1.83. The maximum absolute atomic E-state index is 4.20. The van der Waals surface area contributed by atoms with Crippen LogP contribution in [0.1, 0.15) is 0 Å². The molecule has 0 aliphatic rings. The summed E-state index contributed by atoms with van der Waals surface area (Å²) in [5, 5.41) is 2.17. The Balaban J connectivity index is 2.61. The number of hydrogen-bond donors (Lipinski definition) is 0. The number of hydrogen-bond acceptors (Lipinski definition) is 2. The SMILES string of the molecule is [c]1ccc2ccc3cc[c]nc3c2n1. The average molecular weight is 178 g/mol. The number of nitrogens with zero attached hydrogens (tertiary/aromatic N) is 2. The Morgan fingerprint density at radius 1 is 0.714 bits per heavy atom. The third-order valence-corrected chi connectivity index (χ3v) is 2.24. The molecule has 2 radical (unpaired) electrons. The van der Waals surface area contributed by atoms with Crippen LogP contribution < -0.4 is 0 Å². The third kappa shape index (κ3) is 0.973. The van der Waals surface area contributed by atoms with E-state index in [1.807, 2.05) is 24.3 Å². The molecule has 0 spiro atoms. The quantitative estimate of drug-likeness (QED) is 0.494. The van der Waals surface area contributed by atoms with Crippen LogP contribution in [0.15, 0.2) is 36.4 Å². The van der Waals surface area contributed by atoms with Gasteiger partial charge in [-0.25, -0.2) is 9.97 Å². The molecule has 0 unspecified atom stereocenters. The first kappa shape index (κ1) is 7.44. The lowest BCUT2D eigenvalue weighted by atomic mass is 10.1. The molecule has 2 nitrogen and oxygen atoms in total. The smallest absolute Gasteiger partial charge is 0.0973 e. The van der Waals surface area contributed by atoms with Gasteiger partial charge in [0.05, 0.1) is 23.4 Å². The predicted molar refractivity (Wildman–Crippen MR) is 54.7 cm³/mol. The summed E-state index contributed by atoms with van der Waals surface area (Å²) in [5.74, 6) is 0. The minimum Gasteiger partial charge on any atom is -0.244 e. The molecule has 0 fully saturated rings. The van der Waals surface area contributed by atoms with Crippen LogP contribution in [-0.4, -0.2) is 9.97 Å². The largest absolute Gasteiger partial charge is 0.244 e. The van der Waals surface area contributed by atoms with Crippen molar-refractivity contribution >= 4 is 21.8 Å². The molecule has 1 aromatic carbocycles. The number of rotatable bonds is 0. The number of fused-ring (bicyclic) bond motifs is 3. The summed E-state index contributed by atoms with van der Waals surface area (Å²) >= 11 is 0. The summed E-state index contributed by atoms with van der Waals surface area (Å²) in [5.41, 5.74) is 1.78. The summed E-state index contributed by atoms with van der Waals surface area (Å²) in [4.78, 5) is 8.40.